The van der Waals surface area contributed by atoms with Crippen LogP contribution in [0.4, 0.5) is 10.5 Å². The van der Waals surface area contributed by atoms with Crippen LogP contribution >= 0.6 is 0 Å². The summed E-state index contributed by atoms with van der Waals surface area (Å²) in [6.07, 6.45) is 2.19. The van der Waals surface area contributed by atoms with Crippen molar-refractivity contribution in [1.82, 2.24) is 10.2 Å². The number of nitrogens with one attached hydrogen (secondary N) is 2. The Bertz CT molecular complexity index is 1160. The number of esters is 1. The summed E-state index contributed by atoms with van der Waals surface area (Å²) in [4.78, 5) is 50.0. The van der Waals surface area contributed by atoms with Crippen molar-refractivity contribution < 1.29 is 33.4 Å². The van der Waals surface area contributed by atoms with E-state index in [0.717, 1.165) is 16.9 Å². The van der Waals surface area contributed by atoms with Crippen LogP contribution in [0, 0.1) is 0 Å². The Morgan fingerprint density at radius 3 is 2.57 bits per heavy atom. The van der Waals surface area contributed by atoms with E-state index in [4.69, 9.17) is 14.2 Å². The molecule has 0 aliphatic carbocycles. The summed E-state index contributed by atoms with van der Waals surface area (Å²) in [6.45, 7) is 3.20. The number of hydrogen-bond donors (Lipinski definition) is 2. The van der Waals surface area contributed by atoms with Crippen LogP contribution in [-0.2, 0) is 25.5 Å². The predicted octanol–water partition coefficient (Wildman–Crippen LogP) is 2.73. The van der Waals surface area contributed by atoms with E-state index in [1.54, 1.807) is 37.3 Å². The number of hydrogen-bond acceptors (Lipinski definition) is 7. The highest BCUT2D eigenvalue weighted by Crippen LogP contribution is 2.29. The third kappa shape index (κ3) is 6.38. The largest absolute Gasteiger partial charge is 0.493 e. The van der Waals surface area contributed by atoms with Gasteiger partial charge >= 0.3 is 12.0 Å². The third-order valence-corrected chi connectivity index (χ3v) is 5.09. The molecule has 1 heterocycles. The number of urea groups is 1. The van der Waals surface area contributed by atoms with E-state index in [1.165, 1.54) is 13.2 Å². The fraction of sp³-hybridized carbons (Fsp3) is 0.280. The Morgan fingerprint density at radius 2 is 1.86 bits per heavy atom. The number of nitrogens with zero attached hydrogens (tertiary/aromatic N) is 1. The minimum Gasteiger partial charge on any atom is -0.493 e. The lowest BCUT2D eigenvalue weighted by Crippen LogP contribution is -2.38. The van der Waals surface area contributed by atoms with Crippen molar-refractivity contribution in [3.05, 3.63) is 59.3 Å². The highest BCUT2D eigenvalue weighted by atomic mass is 16.6. The number of amides is 4. The summed E-state index contributed by atoms with van der Waals surface area (Å²) < 4.78 is 15.5. The van der Waals surface area contributed by atoms with Crippen LogP contribution in [0.3, 0.4) is 0 Å². The zero-order valence-corrected chi connectivity index (χ0v) is 19.8. The van der Waals surface area contributed by atoms with Crippen molar-refractivity contribution in [3.63, 3.8) is 0 Å². The van der Waals surface area contributed by atoms with Gasteiger partial charge in [-0.2, -0.15) is 0 Å². The number of methoxy groups -OCH3 is 1. The van der Waals surface area contributed by atoms with Gasteiger partial charge in [0.1, 0.15) is 12.2 Å². The number of anilines is 1. The second kappa shape index (κ2) is 11.7. The number of ether oxygens (including phenoxy) is 3. The van der Waals surface area contributed by atoms with Crippen LogP contribution in [0.1, 0.15) is 25.0 Å². The highest BCUT2D eigenvalue weighted by molar-refractivity contribution is 6.16. The van der Waals surface area contributed by atoms with E-state index < -0.39 is 30.4 Å². The zero-order chi connectivity index (χ0) is 25.4. The average molecular weight is 482 g/mol. The quantitative estimate of drug-likeness (QED) is 0.304. The molecular weight excluding hydrogens is 454 g/mol. The molecule has 0 saturated carbocycles. The SMILES string of the molecule is CCOC(=O)COc1ccc(/C=C2/NC(=O)N(CC(=O)Nc3ccccc3CC)C2=O)cc1OC. The van der Waals surface area contributed by atoms with Crippen molar-refractivity contribution in [2.24, 2.45) is 0 Å². The third-order valence-electron chi connectivity index (χ3n) is 5.09. The van der Waals surface area contributed by atoms with Crippen molar-refractivity contribution in [2.75, 3.05) is 32.2 Å². The van der Waals surface area contributed by atoms with Gasteiger partial charge in [0.2, 0.25) is 5.91 Å². The Hall–Kier alpha value is -4.34. The van der Waals surface area contributed by atoms with Gasteiger partial charge in [-0.3, -0.25) is 9.59 Å². The summed E-state index contributed by atoms with van der Waals surface area (Å²) in [7, 11) is 1.43. The van der Waals surface area contributed by atoms with Crippen molar-refractivity contribution >= 4 is 35.6 Å². The van der Waals surface area contributed by atoms with Crippen LogP contribution in [0.2, 0.25) is 0 Å². The Labute approximate surface area is 202 Å². The topological polar surface area (TPSA) is 123 Å². The molecule has 1 aliphatic rings. The number of benzene rings is 2. The minimum atomic E-state index is -0.693. The lowest BCUT2D eigenvalue weighted by atomic mass is 10.1. The molecule has 0 radical (unpaired) electrons. The van der Waals surface area contributed by atoms with Gasteiger partial charge in [0.05, 0.1) is 13.7 Å². The van der Waals surface area contributed by atoms with Gasteiger partial charge in [-0.1, -0.05) is 31.2 Å². The lowest BCUT2D eigenvalue weighted by molar-refractivity contribution is -0.145. The zero-order valence-electron chi connectivity index (χ0n) is 19.8. The number of carbonyl (C=O) groups is 4. The van der Waals surface area contributed by atoms with Crippen LogP contribution in [-0.4, -0.2) is 55.6 Å². The Kier molecular flexibility index (Phi) is 8.44. The first-order chi connectivity index (χ1) is 16.9. The molecule has 1 aliphatic heterocycles. The lowest BCUT2D eigenvalue weighted by Gasteiger charge is -2.13. The molecule has 0 atom stereocenters. The van der Waals surface area contributed by atoms with Crippen LogP contribution in [0.15, 0.2) is 48.2 Å². The monoisotopic (exact) mass is 481 g/mol. The average Bonchev–Trinajstić information content (AvgIpc) is 3.10. The maximum Gasteiger partial charge on any atom is 0.344 e. The molecular formula is C25H27N3O7. The van der Waals surface area contributed by atoms with Gasteiger partial charge in [0.15, 0.2) is 18.1 Å². The van der Waals surface area contributed by atoms with Gasteiger partial charge < -0.3 is 24.8 Å². The first-order valence-electron chi connectivity index (χ1n) is 11.0. The van der Waals surface area contributed by atoms with E-state index in [-0.39, 0.29) is 18.9 Å². The van der Waals surface area contributed by atoms with Crippen LogP contribution in [0.25, 0.3) is 6.08 Å². The maximum absolute atomic E-state index is 12.8. The standard InChI is InChI=1S/C25H27N3O7/c1-4-17-8-6-7-9-18(17)26-22(29)14-28-24(31)19(27-25(28)32)12-16-10-11-20(21(13-16)33-3)35-15-23(30)34-5-2/h6-13H,4-5,14-15H2,1-3H3,(H,26,29)(H,27,32)/b19-12+. The molecule has 0 unspecified atom stereocenters. The van der Waals surface area contributed by atoms with E-state index in [9.17, 15) is 19.2 Å². The summed E-state index contributed by atoms with van der Waals surface area (Å²) in [6, 6.07) is 11.4. The Balaban J connectivity index is 1.68. The summed E-state index contributed by atoms with van der Waals surface area (Å²) >= 11 is 0. The van der Waals surface area contributed by atoms with Crippen molar-refractivity contribution in [2.45, 2.75) is 20.3 Å². The summed E-state index contributed by atoms with van der Waals surface area (Å²) in [5, 5.41) is 5.23. The smallest absolute Gasteiger partial charge is 0.344 e. The molecule has 2 aromatic rings. The van der Waals surface area contributed by atoms with E-state index in [1.807, 2.05) is 19.1 Å². The second-order valence-electron chi connectivity index (χ2n) is 7.44. The number of imide groups is 1. The first-order valence-corrected chi connectivity index (χ1v) is 11.0. The van der Waals surface area contributed by atoms with Gasteiger partial charge in [-0.05, 0) is 48.7 Å². The van der Waals surface area contributed by atoms with Crippen LogP contribution < -0.4 is 20.1 Å². The maximum atomic E-state index is 12.8. The van der Waals surface area contributed by atoms with Gasteiger partial charge in [-0.25, -0.2) is 14.5 Å². The molecule has 4 amide bonds. The molecule has 2 aromatic carbocycles. The number of rotatable bonds is 10. The van der Waals surface area contributed by atoms with Crippen molar-refractivity contribution in [1.29, 1.82) is 0 Å². The molecule has 0 bridgehead atoms. The second-order valence-corrected chi connectivity index (χ2v) is 7.44. The number of aryl methyl sites for hydroxylation is 1. The van der Waals surface area contributed by atoms with Gasteiger partial charge in [-0.15, -0.1) is 0 Å². The Morgan fingerprint density at radius 1 is 1.09 bits per heavy atom. The molecule has 2 N–H and O–H groups in total. The molecule has 1 saturated heterocycles. The first kappa shape index (κ1) is 25.3. The number of para-hydroxylation sites is 1. The van der Waals surface area contributed by atoms with E-state index >= 15 is 0 Å². The summed E-state index contributed by atoms with van der Waals surface area (Å²) in [5.41, 5.74) is 2.14. The van der Waals surface area contributed by atoms with E-state index in [2.05, 4.69) is 10.6 Å². The molecule has 184 valence electrons. The molecule has 10 nitrogen and oxygen atoms in total. The van der Waals surface area contributed by atoms with Crippen molar-refractivity contribution in [3.8, 4) is 11.5 Å². The molecule has 35 heavy (non-hydrogen) atoms. The fourth-order valence-electron chi connectivity index (χ4n) is 3.40. The van der Waals surface area contributed by atoms with Crippen LogP contribution in [0.5, 0.6) is 11.5 Å². The molecule has 3 rings (SSSR count). The highest BCUT2D eigenvalue weighted by Gasteiger charge is 2.35. The minimum absolute atomic E-state index is 0.0130. The molecule has 10 heteroatoms. The predicted molar refractivity (Wildman–Crippen MR) is 128 cm³/mol. The number of carbonyl (C=O) groups excluding carboxylic acids is 4. The summed E-state index contributed by atoms with van der Waals surface area (Å²) in [5.74, 6) is -0.986. The fourth-order valence-corrected chi connectivity index (χ4v) is 3.40. The van der Waals surface area contributed by atoms with E-state index in [0.29, 0.717) is 22.7 Å². The molecule has 0 spiro atoms. The molecule has 0 aromatic heterocycles. The van der Waals surface area contributed by atoms with Gasteiger partial charge in [0.25, 0.3) is 5.91 Å². The normalized spacial score (nSPS) is 14.0. The molecule has 1 fully saturated rings. The van der Waals surface area contributed by atoms with Gasteiger partial charge in [0, 0.05) is 5.69 Å².